The number of hydrogen-bond donors (Lipinski definition) is 1. The third kappa shape index (κ3) is 3.07. The average molecular weight is 138 g/mol. The highest BCUT2D eigenvalue weighted by atomic mass is 14.9. The topological polar surface area (TPSA) is 38.4 Å². The zero-order valence-electron chi connectivity index (χ0n) is 6.59. The molecule has 2 nitrogen and oxygen atoms in total. The highest BCUT2D eigenvalue weighted by Crippen LogP contribution is 2.08. The Kier molecular flexibility index (Phi) is 3.47. The first-order chi connectivity index (χ1) is 4.57. The molecule has 0 saturated carbocycles. The maximum Gasteiger partial charge on any atom is 0.122 e. The molecule has 0 unspecified atom stereocenters. The molecule has 0 spiro atoms. The molecule has 0 aromatic carbocycles. The van der Waals surface area contributed by atoms with Crippen molar-refractivity contribution in [3.63, 3.8) is 0 Å². The summed E-state index contributed by atoms with van der Waals surface area (Å²) in [5.74, 6) is 0.846. The van der Waals surface area contributed by atoms with Crippen LogP contribution in [0.3, 0.4) is 0 Å². The summed E-state index contributed by atoms with van der Waals surface area (Å²) in [6, 6.07) is 0. The van der Waals surface area contributed by atoms with Crippen molar-refractivity contribution in [3.05, 3.63) is 24.0 Å². The average Bonchev–Trinajstić information content (AvgIpc) is 1.87. The van der Waals surface area contributed by atoms with Crippen LogP contribution in [0.1, 0.15) is 13.8 Å². The summed E-state index contributed by atoms with van der Waals surface area (Å²) in [4.78, 5) is 3.54. The van der Waals surface area contributed by atoms with Crippen molar-refractivity contribution in [1.82, 2.24) is 0 Å². The minimum atomic E-state index is 0.417. The van der Waals surface area contributed by atoms with Crippen LogP contribution >= 0.6 is 0 Å². The van der Waals surface area contributed by atoms with Gasteiger partial charge in [-0.25, -0.2) is 4.99 Å². The van der Waals surface area contributed by atoms with Gasteiger partial charge in [-0.2, -0.15) is 0 Å². The summed E-state index contributed by atoms with van der Waals surface area (Å²) in [6.07, 6.45) is 1.73. The lowest BCUT2D eigenvalue weighted by atomic mass is 10.1. The van der Waals surface area contributed by atoms with Gasteiger partial charge in [0.1, 0.15) is 5.82 Å². The smallest absolute Gasteiger partial charge is 0.122 e. The minimum absolute atomic E-state index is 0.417. The second kappa shape index (κ2) is 3.88. The summed E-state index contributed by atoms with van der Waals surface area (Å²) < 4.78 is 0. The molecule has 0 aromatic rings. The standard InChI is InChI=1S/C8H14N2/c1-6(2)7(3)5-8(9)10-4/h5-6H,3-4,9H2,1-2H3/b8-5-. The van der Waals surface area contributed by atoms with E-state index in [-0.39, 0.29) is 0 Å². The van der Waals surface area contributed by atoms with Gasteiger partial charge in [-0.1, -0.05) is 20.4 Å². The van der Waals surface area contributed by atoms with Gasteiger partial charge in [0.2, 0.25) is 0 Å². The summed E-state index contributed by atoms with van der Waals surface area (Å²) in [7, 11) is 0. The second-order valence-electron chi connectivity index (χ2n) is 2.46. The Bertz CT molecular complexity index is 166. The fourth-order valence-corrected chi connectivity index (χ4v) is 0.402. The van der Waals surface area contributed by atoms with Gasteiger partial charge in [0, 0.05) is 0 Å². The van der Waals surface area contributed by atoms with Gasteiger partial charge < -0.3 is 5.73 Å². The van der Waals surface area contributed by atoms with Gasteiger partial charge in [-0.3, -0.25) is 0 Å². The molecule has 2 heteroatoms. The van der Waals surface area contributed by atoms with Gasteiger partial charge >= 0.3 is 0 Å². The van der Waals surface area contributed by atoms with Gasteiger partial charge in [-0.05, 0) is 24.3 Å². The first-order valence-electron chi connectivity index (χ1n) is 3.20. The monoisotopic (exact) mass is 138 g/mol. The van der Waals surface area contributed by atoms with Crippen LogP contribution in [0.15, 0.2) is 29.0 Å². The van der Waals surface area contributed by atoms with Crippen LogP contribution < -0.4 is 5.73 Å². The number of nitrogens with two attached hydrogens (primary N) is 1. The number of aliphatic imine (C=N–C) groups is 1. The van der Waals surface area contributed by atoms with E-state index in [0.717, 1.165) is 5.57 Å². The van der Waals surface area contributed by atoms with Crippen LogP contribution in [0.5, 0.6) is 0 Å². The number of hydrogen-bond acceptors (Lipinski definition) is 2. The molecule has 0 aliphatic carbocycles. The van der Waals surface area contributed by atoms with Crippen molar-refractivity contribution >= 4 is 6.72 Å². The largest absolute Gasteiger partial charge is 0.384 e. The lowest BCUT2D eigenvalue weighted by Gasteiger charge is -2.02. The Labute approximate surface area is 62.1 Å². The molecular formula is C8H14N2. The van der Waals surface area contributed by atoms with E-state index >= 15 is 0 Å². The zero-order valence-corrected chi connectivity index (χ0v) is 6.59. The van der Waals surface area contributed by atoms with Crippen LogP contribution in [-0.2, 0) is 0 Å². The molecule has 0 radical (unpaired) electrons. The van der Waals surface area contributed by atoms with Crippen LogP contribution in [0.25, 0.3) is 0 Å². The van der Waals surface area contributed by atoms with Crippen molar-refractivity contribution in [1.29, 1.82) is 0 Å². The van der Waals surface area contributed by atoms with Crippen molar-refractivity contribution in [2.75, 3.05) is 0 Å². The quantitative estimate of drug-likeness (QED) is 0.468. The van der Waals surface area contributed by atoms with Crippen molar-refractivity contribution in [2.24, 2.45) is 16.6 Å². The predicted octanol–water partition coefficient (Wildman–Crippen LogP) is 1.70. The molecule has 0 atom stereocenters. The number of nitrogens with zero attached hydrogens (tertiary/aromatic N) is 1. The third-order valence-corrected chi connectivity index (χ3v) is 1.26. The molecule has 0 bridgehead atoms. The fourth-order valence-electron chi connectivity index (χ4n) is 0.402. The Morgan fingerprint density at radius 3 is 2.40 bits per heavy atom. The Morgan fingerprint density at radius 2 is 2.10 bits per heavy atom. The van der Waals surface area contributed by atoms with E-state index in [1.54, 1.807) is 6.08 Å². The summed E-state index contributed by atoms with van der Waals surface area (Å²) in [5.41, 5.74) is 6.36. The lowest BCUT2D eigenvalue weighted by Crippen LogP contribution is -1.96. The van der Waals surface area contributed by atoms with Gasteiger partial charge in [-0.15, -0.1) is 0 Å². The maximum absolute atomic E-state index is 5.38. The zero-order chi connectivity index (χ0) is 8.15. The molecule has 0 rings (SSSR count). The molecular weight excluding hydrogens is 124 g/mol. The van der Waals surface area contributed by atoms with E-state index in [0.29, 0.717) is 11.7 Å². The molecule has 0 heterocycles. The molecule has 0 aliphatic heterocycles. The molecule has 0 fully saturated rings. The van der Waals surface area contributed by atoms with E-state index in [1.165, 1.54) is 0 Å². The second-order valence-corrected chi connectivity index (χ2v) is 2.46. The predicted molar refractivity (Wildman–Crippen MR) is 45.8 cm³/mol. The number of allylic oxidation sites excluding steroid dienone is 2. The van der Waals surface area contributed by atoms with Gasteiger partial charge in [0.05, 0.1) is 0 Å². The first kappa shape index (κ1) is 8.95. The summed E-state index contributed by atoms with van der Waals surface area (Å²) in [5, 5.41) is 0. The molecule has 10 heavy (non-hydrogen) atoms. The molecule has 2 N–H and O–H groups in total. The van der Waals surface area contributed by atoms with Gasteiger partial charge in [0.25, 0.3) is 0 Å². The van der Waals surface area contributed by atoms with Crippen LogP contribution in [-0.4, -0.2) is 6.72 Å². The van der Waals surface area contributed by atoms with Crippen molar-refractivity contribution in [3.8, 4) is 0 Å². The SMILES string of the molecule is C=N/C(N)=C\C(=C)C(C)C. The van der Waals surface area contributed by atoms with E-state index < -0.39 is 0 Å². The number of rotatable bonds is 3. The summed E-state index contributed by atoms with van der Waals surface area (Å²) in [6.45, 7) is 11.2. The van der Waals surface area contributed by atoms with E-state index in [2.05, 4.69) is 32.1 Å². The molecule has 0 saturated heterocycles. The lowest BCUT2D eigenvalue weighted by molar-refractivity contribution is 0.792. The van der Waals surface area contributed by atoms with E-state index in [4.69, 9.17) is 5.73 Å². The Balaban J connectivity index is 4.13. The van der Waals surface area contributed by atoms with E-state index in [1.807, 2.05) is 0 Å². The van der Waals surface area contributed by atoms with Crippen LogP contribution in [0.2, 0.25) is 0 Å². The summed E-state index contributed by atoms with van der Waals surface area (Å²) >= 11 is 0. The molecule has 0 amide bonds. The Morgan fingerprint density at radius 1 is 1.60 bits per heavy atom. The minimum Gasteiger partial charge on any atom is -0.384 e. The third-order valence-electron chi connectivity index (χ3n) is 1.26. The van der Waals surface area contributed by atoms with Gasteiger partial charge in [0.15, 0.2) is 0 Å². The fraction of sp³-hybridized carbons (Fsp3) is 0.375. The highest BCUT2D eigenvalue weighted by molar-refractivity contribution is 5.30. The maximum atomic E-state index is 5.38. The highest BCUT2D eigenvalue weighted by Gasteiger charge is 1.95. The normalized spacial score (nSPS) is 11.7. The van der Waals surface area contributed by atoms with E-state index in [9.17, 15) is 0 Å². The van der Waals surface area contributed by atoms with Crippen LogP contribution in [0.4, 0.5) is 0 Å². The van der Waals surface area contributed by atoms with Crippen molar-refractivity contribution < 1.29 is 0 Å². The molecule has 0 aliphatic rings. The van der Waals surface area contributed by atoms with Crippen molar-refractivity contribution in [2.45, 2.75) is 13.8 Å². The molecule has 0 aromatic heterocycles. The Hall–Kier alpha value is -1.05. The molecule has 56 valence electrons. The first-order valence-corrected chi connectivity index (χ1v) is 3.20. The van der Waals surface area contributed by atoms with Crippen LogP contribution in [0, 0.1) is 5.92 Å².